The van der Waals surface area contributed by atoms with Gasteiger partial charge >= 0.3 is 0 Å². The van der Waals surface area contributed by atoms with Gasteiger partial charge < -0.3 is 19.7 Å². The molecule has 1 saturated heterocycles. The molecule has 5 nitrogen and oxygen atoms in total. The van der Waals surface area contributed by atoms with E-state index in [1.807, 2.05) is 25.2 Å². The number of nitrogens with one attached hydrogen (secondary N) is 1. The maximum Gasteiger partial charge on any atom is 0.126 e. The van der Waals surface area contributed by atoms with Crippen molar-refractivity contribution >= 4 is 22.6 Å². The van der Waals surface area contributed by atoms with Crippen LogP contribution in [0.2, 0.25) is 5.02 Å². The van der Waals surface area contributed by atoms with Gasteiger partial charge in [-0.05, 0) is 38.0 Å². The average Bonchev–Trinajstić information content (AvgIpc) is 3.11. The van der Waals surface area contributed by atoms with Gasteiger partial charge in [0.15, 0.2) is 0 Å². The molecule has 126 valence electrons. The van der Waals surface area contributed by atoms with E-state index in [1.54, 1.807) is 0 Å². The zero-order valence-electron chi connectivity index (χ0n) is 13.7. The molecule has 1 fully saturated rings. The van der Waals surface area contributed by atoms with Crippen LogP contribution in [0, 0.1) is 5.41 Å². The van der Waals surface area contributed by atoms with E-state index in [2.05, 4.69) is 16.8 Å². The second-order valence-electron chi connectivity index (χ2n) is 6.54. The van der Waals surface area contributed by atoms with Crippen LogP contribution in [0.1, 0.15) is 31.6 Å². The van der Waals surface area contributed by atoms with Gasteiger partial charge in [-0.2, -0.15) is 0 Å². The third-order valence-corrected chi connectivity index (χ3v) is 5.11. The summed E-state index contributed by atoms with van der Waals surface area (Å²) >= 11 is 6.06. The van der Waals surface area contributed by atoms with Gasteiger partial charge in [0.25, 0.3) is 0 Å². The first kappa shape index (κ1) is 16.7. The number of halogens is 1. The smallest absolute Gasteiger partial charge is 0.126 e. The summed E-state index contributed by atoms with van der Waals surface area (Å²) in [6, 6.07) is 5.89. The van der Waals surface area contributed by atoms with Gasteiger partial charge in [0.05, 0.1) is 23.7 Å². The fourth-order valence-electron chi connectivity index (χ4n) is 3.35. The van der Waals surface area contributed by atoms with Crippen molar-refractivity contribution in [3.8, 4) is 0 Å². The van der Waals surface area contributed by atoms with Crippen molar-refractivity contribution in [3.05, 3.63) is 29.0 Å². The highest BCUT2D eigenvalue weighted by molar-refractivity contribution is 6.31. The molecule has 0 radical (unpaired) electrons. The minimum atomic E-state index is 0.0386. The number of fused-ring (bicyclic) bond motifs is 1. The summed E-state index contributed by atoms with van der Waals surface area (Å²) in [7, 11) is 2.03. The number of aliphatic hydroxyl groups excluding tert-OH is 1. The summed E-state index contributed by atoms with van der Waals surface area (Å²) in [5, 5.41) is 13.6. The first-order valence-electron chi connectivity index (χ1n) is 8.08. The molecule has 0 aliphatic carbocycles. The van der Waals surface area contributed by atoms with E-state index in [1.165, 1.54) is 0 Å². The molecule has 1 aliphatic heterocycles. The maximum absolute atomic E-state index is 9.33. The number of ether oxygens (including phenoxy) is 1. The normalized spacial score (nSPS) is 22.8. The molecule has 1 aromatic heterocycles. The number of aryl methyl sites for hydroxylation is 1. The van der Waals surface area contributed by atoms with Crippen LogP contribution in [-0.2, 0) is 11.8 Å². The number of aromatic nitrogens is 2. The first-order chi connectivity index (χ1) is 11.0. The van der Waals surface area contributed by atoms with Gasteiger partial charge in [-0.25, -0.2) is 4.98 Å². The largest absolute Gasteiger partial charge is 0.396 e. The number of aliphatic hydroxyl groups is 1. The molecule has 0 spiro atoms. The van der Waals surface area contributed by atoms with E-state index >= 15 is 0 Å². The lowest BCUT2D eigenvalue weighted by molar-refractivity contribution is 0.122. The van der Waals surface area contributed by atoms with Crippen molar-refractivity contribution in [2.24, 2.45) is 12.5 Å². The van der Waals surface area contributed by atoms with E-state index in [-0.39, 0.29) is 18.1 Å². The van der Waals surface area contributed by atoms with Gasteiger partial charge in [-0.15, -0.1) is 0 Å². The van der Waals surface area contributed by atoms with E-state index in [0.717, 1.165) is 42.9 Å². The van der Waals surface area contributed by atoms with Crippen molar-refractivity contribution in [1.82, 2.24) is 14.9 Å². The minimum Gasteiger partial charge on any atom is -0.396 e. The number of hydrogen-bond acceptors (Lipinski definition) is 4. The Morgan fingerprint density at radius 2 is 2.35 bits per heavy atom. The van der Waals surface area contributed by atoms with Crippen LogP contribution in [0.25, 0.3) is 11.0 Å². The Hall–Kier alpha value is -1.14. The number of benzene rings is 1. The van der Waals surface area contributed by atoms with E-state index in [0.29, 0.717) is 11.6 Å². The molecule has 6 heteroatoms. The molecule has 23 heavy (non-hydrogen) atoms. The highest BCUT2D eigenvalue weighted by Crippen LogP contribution is 2.32. The van der Waals surface area contributed by atoms with Crippen molar-refractivity contribution in [3.63, 3.8) is 0 Å². The third kappa shape index (κ3) is 3.38. The molecular weight excluding hydrogens is 314 g/mol. The van der Waals surface area contributed by atoms with Crippen LogP contribution in [0.15, 0.2) is 18.2 Å². The van der Waals surface area contributed by atoms with Gasteiger partial charge in [0, 0.05) is 37.2 Å². The Kier molecular flexibility index (Phi) is 4.92. The molecule has 0 saturated carbocycles. The van der Waals surface area contributed by atoms with Crippen LogP contribution in [-0.4, -0.2) is 41.0 Å². The summed E-state index contributed by atoms with van der Waals surface area (Å²) in [4.78, 5) is 4.72. The fourth-order valence-corrected chi connectivity index (χ4v) is 3.52. The fraction of sp³-hybridized carbons (Fsp3) is 0.588. The van der Waals surface area contributed by atoms with Crippen LogP contribution in [0.3, 0.4) is 0 Å². The zero-order valence-corrected chi connectivity index (χ0v) is 14.4. The molecule has 2 aromatic rings. The van der Waals surface area contributed by atoms with Gasteiger partial charge in [-0.1, -0.05) is 11.6 Å². The van der Waals surface area contributed by atoms with E-state index in [4.69, 9.17) is 21.3 Å². The highest BCUT2D eigenvalue weighted by Gasteiger charge is 2.34. The summed E-state index contributed by atoms with van der Waals surface area (Å²) in [5.74, 6) is 0.986. The van der Waals surface area contributed by atoms with Gasteiger partial charge in [0.1, 0.15) is 5.82 Å². The van der Waals surface area contributed by atoms with Crippen LogP contribution >= 0.6 is 11.6 Å². The number of rotatable bonds is 6. The first-order valence-corrected chi connectivity index (χ1v) is 8.46. The van der Waals surface area contributed by atoms with Crippen molar-refractivity contribution in [2.75, 3.05) is 26.4 Å². The maximum atomic E-state index is 9.33. The lowest BCUT2D eigenvalue weighted by atomic mass is 9.84. The Bertz CT molecular complexity index is 680. The van der Waals surface area contributed by atoms with Crippen LogP contribution in [0.5, 0.6) is 0 Å². The minimum absolute atomic E-state index is 0.0386. The quantitative estimate of drug-likeness (QED) is 0.850. The molecule has 1 aromatic carbocycles. The molecule has 2 heterocycles. The molecule has 1 aliphatic rings. The third-order valence-electron chi connectivity index (χ3n) is 4.88. The molecular formula is C17H24ClN3O2. The Morgan fingerprint density at radius 3 is 3.04 bits per heavy atom. The van der Waals surface area contributed by atoms with E-state index in [9.17, 15) is 5.11 Å². The summed E-state index contributed by atoms with van der Waals surface area (Å²) in [6.45, 7) is 4.63. The second-order valence-corrected chi connectivity index (χ2v) is 6.98. The van der Waals surface area contributed by atoms with Crippen molar-refractivity contribution in [1.29, 1.82) is 0 Å². The molecule has 3 rings (SSSR count). The molecule has 2 N–H and O–H groups in total. The Labute approximate surface area is 141 Å². The SMILES string of the molecule is CC(NCC1(CCO)CCOC1)c1nc2cc(Cl)ccc2n1C. The van der Waals surface area contributed by atoms with Gasteiger partial charge in [-0.3, -0.25) is 0 Å². The van der Waals surface area contributed by atoms with Crippen LogP contribution in [0.4, 0.5) is 0 Å². The lowest BCUT2D eigenvalue weighted by Gasteiger charge is -2.28. The number of imidazole rings is 1. The monoisotopic (exact) mass is 337 g/mol. The second kappa shape index (κ2) is 6.77. The summed E-state index contributed by atoms with van der Waals surface area (Å²) < 4.78 is 7.65. The van der Waals surface area contributed by atoms with Crippen LogP contribution < -0.4 is 5.32 Å². The van der Waals surface area contributed by atoms with Crippen molar-refractivity contribution < 1.29 is 9.84 Å². The average molecular weight is 338 g/mol. The predicted octanol–water partition coefficient (Wildman–Crippen LogP) is 2.67. The molecule has 2 atom stereocenters. The van der Waals surface area contributed by atoms with E-state index < -0.39 is 0 Å². The summed E-state index contributed by atoms with van der Waals surface area (Å²) in [5.41, 5.74) is 2.03. The predicted molar refractivity (Wildman–Crippen MR) is 91.7 cm³/mol. The topological polar surface area (TPSA) is 59.3 Å². The summed E-state index contributed by atoms with van der Waals surface area (Å²) in [6.07, 6.45) is 1.76. The van der Waals surface area contributed by atoms with Crippen molar-refractivity contribution in [2.45, 2.75) is 25.8 Å². The number of nitrogens with zero attached hydrogens (tertiary/aromatic N) is 2. The lowest BCUT2D eigenvalue weighted by Crippen LogP contribution is -2.37. The molecule has 0 amide bonds. The highest BCUT2D eigenvalue weighted by atomic mass is 35.5. The Balaban J connectivity index is 1.75. The molecule has 2 unspecified atom stereocenters. The standard InChI is InChI=1S/C17H24ClN3O2/c1-12(19-10-17(5-7-22)6-8-23-11-17)16-20-14-9-13(18)3-4-15(14)21(16)2/h3-4,9,12,19,22H,5-8,10-11H2,1-2H3. The number of hydrogen-bond donors (Lipinski definition) is 2. The zero-order chi connectivity index (χ0) is 16.4. The molecule has 0 bridgehead atoms. The Morgan fingerprint density at radius 1 is 1.52 bits per heavy atom. The van der Waals surface area contributed by atoms with Gasteiger partial charge in [0.2, 0.25) is 0 Å².